The molecule has 0 unspecified atom stereocenters. The summed E-state index contributed by atoms with van der Waals surface area (Å²) in [5.74, 6) is -2.07. The Bertz CT molecular complexity index is 878. The molecule has 7 heteroatoms. The van der Waals surface area contributed by atoms with Crippen LogP contribution in [-0.4, -0.2) is 37.6 Å². The standard InChI is InChI=1S/C21H26O5Si2/c1-27(2)14-13-21(26-28(27,3)4,17-11-7-5-9-15(17)19(22)23)18-12-8-6-10-16(18)20(24)25/h5-12H,13-14H2,1-4H3,(H,22,23)(H,24,25). The predicted octanol–water partition coefficient (Wildman–Crippen LogP) is 4.74. The zero-order valence-corrected chi connectivity index (χ0v) is 18.7. The monoisotopic (exact) mass is 414 g/mol. The Morgan fingerprint density at radius 3 is 1.68 bits per heavy atom. The molecular weight excluding hydrogens is 388 g/mol. The summed E-state index contributed by atoms with van der Waals surface area (Å²) in [6, 6.07) is 14.6. The fourth-order valence-corrected chi connectivity index (χ4v) is 10.6. The Morgan fingerprint density at radius 1 is 0.857 bits per heavy atom. The average molecular weight is 415 g/mol. The number of carboxylic acids is 2. The molecule has 1 heterocycles. The zero-order valence-electron chi connectivity index (χ0n) is 16.7. The maximum Gasteiger partial charge on any atom is 0.336 e. The van der Waals surface area contributed by atoms with Crippen LogP contribution in [0.25, 0.3) is 0 Å². The van der Waals surface area contributed by atoms with E-state index in [-0.39, 0.29) is 11.1 Å². The van der Waals surface area contributed by atoms with Gasteiger partial charge in [0.1, 0.15) is 5.60 Å². The van der Waals surface area contributed by atoms with E-state index >= 15 is 0 Å². The fourth-order valence-electron chi connectivity index (χ4n) is 3.98. The first-order chi connectivity index (χ1) is 13.0. The van der Waals surface area contributed by atoms with Crippen molar-refractivity contribution in [2.75, 3.05) is 0 Å². The van der Waals surface area contributed by atoms with Gasteiger partial charge in [-0.15, -0.1) is 0 Å². The molecule has 1 aliphatic heterocycles. The molecule has 5 nitrogen and oxygen atoms in total. The van der Waals surface area contributed by atoms with Gasteiger partial charge in [0, 0.05) is 11.1 Å². The van der Waals surface area contributed by atoms with E-state index in [1.54, 1.807) is 48.5 Å². The van der Waals surface area contributed by atoms with E-state index in [9.17, 15) is 19.8 Å². The summed E-state index contributed by atoms with van der Waals surface area (Å²) in [6.45, 7) is 8.99. The first-order valence-corrected chi connectivity index (χ1v) is 16.5. The van der Waals surface area contributed by atoms with Crippen molar-refractivity contribution in [3.63, 3.8) is 0 Å². The Kier molecular flexibility index (Phi) is 5.12. The van der Waals surface area contributed by atoms with Crippen molar-refractivity contribution in [3.8, 4) is 0 Å². The van der Waals surface area contributed by atoms with E-state index in [0.717, 1.165) is 6.04 Å². The molecule has 0 atom stereocenters. The largest absolute Gasteiger partial charge is 0.478 e. The summed E-state index contributed by atoms with van der Waals surface area (Å²) >= 11 is 0. The van der Waals surface area contributed by atoms with Gasteiger partial charge in [0.2, 0.25) is 0 Å². The highest BCUT2D eigenvalue weighted by molar-refractivity contribution is 7.38. The van der Waals surface area contributed by atoms with Crippen LogP contribution in [0.5, 0.6) is 0 Å². The minimum absolute atomic E-state index is 0.161. The van der Waals surface area contributed by atoms with E-state index in [0.29, 0.717) is 17.5 Å². The molecule has 148 valence electrons. The molecule has 2 aromatic rings. The number of rotatable bonds is 4. The first kappa shape index (κ1) is 20.5. The third kappa shape index (κ3) is 3.23. The van der Waals surface area contributed by atoms with Crippen LogP contribution >= 0.6 is 0 Å². The van der Waals surface area contributed by atoms with Crippen molar-refractivity contribution in [2.45, 2.75) is 44.3 Å². The predicted molar refractivity (Wildman–Crippen MR) is 113 cm³/mol. The molecule has 1 saturated heterocycles. The Labute approximate surface area is 166 Å². The quantitative estimate of drug-likeness (QED) is 0.706. The first-order valence-electron chi connectivity index (χ1n) is 9.38. The van der Waals surface area contributed by atoms with Gasteiger partial charge < -0.3 is 14.6 Å². The van der Waals surface area contributed by atoms with Crippen LogP contribution < -0.4 is 0 Å². The lowest BCUT2D eigenvalue weighted by Gasteiger charge is -2.53. The maximum absolute atomic E-state index is 12.0. The molecule has 2 N–H and O–H groups in total. The van der Waals surface area contributed by atoms with E-state index in [2.05, 4.69) is 26.2 Å². The number of benzene rings is 2. The Hall–Kier alpha value is -2.23. The van der Waals surface area contributed by atoms with Gasteiger partial charge >= 0.3 is 11.9 Å². The van der Waals surface area contributed by atoms with Crippen LogP contribution in [-0.2, 0) is 10.0 Å². The average Bonchev–Trinajstić information content (AvgIpc) is 2.64. The lowest BCUT2D eigenvalue weighted by atomic mass is 9.79. The molecule has 0 saturated carbocycles. The summed E-state index contributed by atoms with van der Waals surface area (Å²) in [5.41, 5.74) is 0.340. The van der Waals surface area contributed by atoms with Gasteiger partial charge in [-0.1, -0.05) is 55.5 Å². The molecule has 0 aromatic heterocycles. The molecule has 0 bridgehead atoms. The fraction of sp³-hybridized carbons (Fsp3) is 0.333. The Morgan fingerprint density at radius 2 is 1.29 bits per heavy atom. The van der Waals surface area contributed by atoms with Crippen molar-refractivity contribution in [1.29, 1.82) is 0 Å². The van der Waals surface area contributed by atoms with Crippen LogP contribution in [0.2, 0.25) is 32.2 Å². The number of aromatic carboxylic acids is 2. The van der Waals surface area contributed by atoms with Crippen LogP contribution in [0.1, 0.15) is 38.3 Å². The third-order valence-corrected chi connectivity index (χ3v) is 22.8. The van der Waals surface area contributed by atoms with Crippen molar-refractivity contribution in [3.05, 3.63) is 70.8 Å². The highest BCUT2D eigenvalue weighted by Crippen LogP contribution is 2.50. The van der Waals surface area contributed by atoms with Crippen molar-refractivity contribution in [2.24, 2.45) is 0 Å². The second-order valence-electron chi connectivity index (χ2n) is 8.52. The van der Waals surface area contributed by atoms with Crippen molar-refractivity contribution in [1.82, 2.24) is 0 Å². The molecule has 0 aliphatic carbocycles. The van der Waals surface area contributed by atoms with Crippen LogP contribution in [0.3, 0.4) is 0 Å². The van der Waals surface area contributed by atoms with Crippen LogP contribution in [0, 0.1) is 0 Å². The smallest absolute Gasteiger partial charge is 0.336 e. The van der Waals surface area contributed by atoms with Crippen molar-refractivity contribution < 1.29 is 24.2 Å². The summed E-state index contributed by atoms with van der Waals surface area (Å²) in [5, 5.41) is 19.6. The summed E-state index contributed by atoms with van der Waals surface area (Å²) in [4.78, 5) is 24.0. The van der Waals surface area contributed by atoms with E-state index in [4.69, 9.17) is 4.43 Å². The maximum atomic E-state index is 12.0. The molecule has 0 amide bonds. The van der Waals surface area contributed by atoms with E-state index in [1.807, 2.05) is 0 Å². The van der Waals surface area contributed by atoms with Crippen LogP contribution in [0.4, 0.5) is 0 Å². The van der Waals surface area contributed by atoms with Gasteiger partial charge in [-0.05, 0) is 31.6 Å². The lowest BCUT2D eigenvalue weighted by molar-refractivity contribution is 0.0642. The molecule has 1 aliphatic rings. The molecule has 2 aromatic carbocycles. The topological polar surface area (TPSA) is 83.8 Å². The molecule has 0 spiro atoms. The van der Waals surface area contributed by atoms with Gasteiger partial charge in [-0.3, -0.25) is 0 Å². The van der Waals surface area contributed by atoms with Gasteiger partial charge in [0.15, 0.2) is 7.83 Å². The Balaban J connectivity index is 2.35. The zero-order chi connectivity index (χ0) is 20.7. The van der Waals surface area contributed by atoms with Gasteiger partial charge in [-0.2, -0.15) is 0 Å². The third-order valence-electron chi connectivity index (χ3n) is 6.35. The van der Waals surface area contributed by atoms with Gasteiger partial charge in [0.25, 0.3) is 0 Å². The van der Waals surface area contributed by atoms with Crippen molar-refractivity contribution >= 4 is 27.4 Å². The number of carboxylic acid groups (broad SMARTS) is 2. The minimum atomic E-state index is -2.18. The minimum Gasteiger partial charge on any atom is -0.478 e. The second-order valence-corrected chi connectivity index (χ2v) is 23.7. The molecule has 1 fully saturated rings. The summed E-state index contributed by atoms with van der Waals surface area (Å²) in [6.07, 6.45) is 0.581. The molecule has 0 radical (unpaired) electrons. The normalized spacial score (nSPS) is 19.7. The lowest BCUT2D eigenvalue weighted by Crippen LogP contribution is -2.64. The molecule has 3 rings (SSSR count). The summed E-state index contributed by atoms with van der Waals surface area (Å²) in [7, 11) is -3.82. The van der Waals surface area contributed by atoms with Gasteiger partial charge in [0.05, 0.1) is 18.7 Å². The molecular formula is C21H26O5Si2. The highest BCUT2D eigenvalue weighted by Gasteiger charge is 2.55. The molecule has 28 heavy (non-hydrogen) atoms. The van der Waals surface area contributed by atoms with Gasteiger partial charge in [-0.25, -0.2) is 9.59 Å². The number of carbonyl (C=O) groups is 2. The van der Waals surface area contributed by atoms with E-state index in [1.165, 1.54) is 0 Å². The number of hydrogen-bond acceptors (Lipinski definition) is 3. The number of hydrogen-bond donors (Lipinski definition) is 2. The highest BCUT2D eigenvalue weighted by atomic mass is 29.3. The van der Waals surface area contributed by atoms with Crippen LogP contribution in [0.15, 0.2) is 48.5 Å². The van der Waals surface area contributed by atoms with E-state index < -0.39 is 33.0 Å². The SMILES string of the molecule is C[Si]1(C)CCC(c2ccccc2C(=O)O)(c2ccccc2C(=O)O)O[Si]1(C)C. The summed E-state index contributed by atoms with van der Waals surface area (Å²) < 4.78 is 6.90. The second kappa shape index (κ2) is 6.98.